The van der Waals surface area contributed by atoms with Gasteiger partial charge in [-0.15, -0.1) is 0 Å². The molecule has 0 bridgehead atoms. The van der Waals surface area contributed by atoms with Gasteiger partial charge in [0.1, 0.15) is 0 Å². The molecule has 0 aromatic heterocycles. The molecule has 0 unspecified atom stereocenters. The maximum atomic E-state index is 13.5. The summed E-state index contributed by atoms with van der Waals surface area (Å²) in [5.41, 5.74) is 7.66. The smallest absolute Gasteiger partial charge is 0.326 e. The highest BCUT2D eigenvalue weighted by Crippen LogP contribution is 2.66. The van der Waals surface area contributed by atoms with Gasteiger partial charge in [0, 0.05) is 31.6 Å². The number of amides is 4. The fraction of sp³-hybridized carbons (Fsp3) is 0.741. The van der Waals surface area contributed by atoms with Gasteiger partial charge in [-0.05, 0) is 93.0 Å². The number of allylic oxidation sites excluding steroid dienone is 3. The third-order valence-corrected chi connectivity index (χ3v) is 10.0. The quantitative estimate of drug-likeness (QED) is 0.677. The molecule has 6 atom stereocenters. The number of primary amides is 1. The molecule has 2 N–H and O–H groups in total. The molecule has 0 aliphatic heterocycles. The summed E-state index contributed by atoms with van der Waals surface area (Å²) < 4.78 is 0. The molecule has 0 heterocycles. The van der Waals surface area contributed by atoms with Crippen LogP contribution in [0.4, 0.5) is 4.79 Å². The molecular formula is C27H41N3O3. The van der Waals surface area contributed by atoms with E-state index in [1.54, 1.807) is 11.9 Å². The number of urea groups is 1. The highest BCUT2D eigenvalue weighted by atomic mass is 16.2. The molecule has 6 heteroatoms. The number of fused-ring (bicyclic) bond motifs is 5. The van der Waals surface area contributed by atoms with E-state index in [0.29, 0.717) is 30.8 Å². The predicted molar refractivity (Wildman–Crippen MR) is 129 cm³/mol. The van der Waals surface area contributed by atoms with Crippen molar-refractivity contribution < 1.29 is 14.4 Å². The molecule has 0 aromatic carbocycles. The number of rotatable bonds is 4. The second-order valence-electron chi connectivity index (χ2n) is 11.2. The van der Waals surface area contributed by atoms with Crippen LogP contribution in [0.5, 0.6) is 0 Å². The van der Waals surface area contributed by atoms with Crippen LogP contribution in [0.25, 0.3) is 0 Å². The number of imide groups is 1. The summed E-state index contributed by atoms with van der Waals surface area (Å²) >= 11 is 0. The van der Waals surface area contributed by atoms with Gasteiger partial charge >= 0.3 is 6.03 Å². The van der Waals surface area contributed by atoms with Gasteiger partial charge in [0.15, 0.2) is 0 Å². The summed E-state index contributed by atoms with van der Waals surface area (Å²) in [6, 6.07) is -0.178. The largest absolute Gasteiger partial charge is 0.366 e. The van der Waals surface area contributed by atoms with Gasteiger partial charge in [-0.25, -0.2) is 4.79 Å². The summed E-state index contributed by atoms with van der Waals surface area (Å²) in [5, 5.41) is 0. The van der Waals surface area contributed by atoms with E-state index in [2.05, 4.69) is 26.0 Å². The van der Waals surface area contributed by atoms with Crippen molar-refractivity contribution in [2.24, 2.45) is 40.2 Å². The van der Waals surface area contributed by atoms with Crippen LogP contribution in [-0.2, 0) is 9.59 Å². The molecule has 0 aromatic rings. The monoisotopic (exact) mass is 455 g/mol. The maximum Gasteiger partial charge on any atom is 0.326 e. The van der Waals surface area contributed by atoms with Crippen molar-refractivity contribution in [2.45, 2.75) is 72.6 Å². The average Bonchev–Trinajstić information content (AvgIpc) is 3.15. The Hall–Kier alpha value is -2.11. The van der Waals surface area contributed by atoms with E-state index in [4.69, 9.17) is 5.73 Å². The molecule has 0 radical (unpaired) electrons. The first-order valence-corrected chi connectivity index (χ1v) is 12.9. The summed E-state index contributed by atoms with van der Waals surface area (Å²) in [7, 11) is 1.66. The molecule has 0 saturated heterocycles. The van der Waals surface area contributed by atoms with E-state index in [9.17, 15) is 14.4 Å². The highest BCUT2D eigenvalue weighted by molar-refractivity contribution is 5.96. The lowest BCUT2D eigenvalue weighted by Gasteiger charge is -2.57. The molecule has 0 spiro atoms. The molecule has 6 nitrogen and oxygen atoms in total. The summed E-state index contributed by atoms with van der Waals surface area (Å²) in [6.45, 7) is 9.81. The van der Waals surface area contributed by atoms with Crippen molar-refractivity contribution in [1.29, 1.82) is 0 Å². The minimum atomic E-state index is -0.295. The van der Waals surface area contributed by atoms with E-state index in [0.717, 1.165) is 50.5 Å². The zero-order valence-corrected chi connectivity index (χ0v) is 21.0. The van der Waals surface area contributed by atoms with E-state index < -0.39 is 0 Å². The van der Waals surface area contributed by atoms with Crippen molar-refractivity contribution in [3.05, 3.63) is 23.3 Å². The van der Waals surface area contributed by atoms with Crippen molar-refractivity contribution in [3.8, 4) is 0 Å². The molecule has 4 aliphatic rings. The van der Waals surface area contributed by atoms with Crippen molar-refractivity contribution in [1.82, 2.24) is 9.80 Å². The molecule has 182 valence electrons. The van der Waals surface area contributed by atoms with Crippen molar-refractivity contribution in [2.75, 3.05) is 20.1 Å². The maximum absolute atomic E-state index is 13.5. The van der Waals surface area contributed by atoms with E-state index in [1.165, 1.54) is 10.5 Å². The van der Waals surface area contributed by atoms with Gasteiger partial charge in [-0.2, -0.15) is 0 Å². The van der Waals surface area contributed by atoms with Crippen molar-refractivity contribution >= 4 is 17.8 Å². The lowest BCUT2D eigenvalue weighted by atomic mass is 9.48. The van der Waals surface area contributed by atoms with Gasteiger partial charge < -0.3 is 10.6 Å². The normalized spacial score (nSPS) is 37.1. The predicted octanol–water partition coefficient (Wildman–Crippen LogP) is 4.51. The number of carbonyl (C=O) groups excluding carboxylic acids is 3. The fourth-order valence-corrected chi connectivity index (χ4v) is 7.96. The third-order valence-electron chi connectivity index (χ3n) is 10.0. The molecule has 4 aliphatic carbocycles. The second kappa shape index (κ2) is 8.59. The topological polar surface area (TPSA) is 83.7 Å². The van der Waals surface area contributed by atoms with Gasteiger partial charge in [-0.1, -0.05) is 26.0 Å². The van der Waals surface area contributed by atoms with Crippen LogP contribution in [0.3, 0.4) is 0 Å². The Morgan fingerprint density at radius 3 is 2.39 bits per heavy atom. The molecule has 2 fully saturated rings. The molecule has 2 saturated carbocycles. The number of nitrogens with two attached hydrogens (primary N) is 1. The van der Waals surface area contributed by atoms with Crippen LogP contribution in [-0.4, -0.2) is 47.8 Å². The van der Waals surface area contributed by atoms with Crippen LogP contribution in [0.2, 0.25) is 0 Å². The van der Waals surface area contributed by atoms with Gasteiger partial charge in [0.05, 0.1) is 0 Å². The first-order chi connectivity index (χ1) is 15.6. The first kappa shape index (κ1) is 24.0. The number of hydrogen-bond donors (Lipinski definition) is 1. The summed E-state index contributed by atoms with van der Waals surface area (Å²) in [5.74, 6) is 1.25. The minimum Gasteiger partial charge on any atom is -0.366 e. The Labute approximate surface area is 198 Å². The SMILES string of the molecule is CCN(CC)C(=O)N(C)C(=O)[C@H]1CC[C@H]2[C@@H]3CC=C4C=C(C(N)=O)CC[C@]4(C)[C@H]3CC[C@]12C. The molecular weight excluding hydrogens is 414 g/mol. The molecule has 33 heavy (non-hydrogen) atoms. The second-order valence-corrected chi connectivity index (χ2v) is 11.2. The standard InChI is InChI=1S/C27H41N3O3/c1-6-30(7-2)25(33)29(5)24(32)22-11-10-20-19-9-8-18-16-17(23(28)31)12-14-26(18,3)21(19)13-15-27(20,22)4/h8,16,19-22H,6-7,9-15H2,1-5H3,(H2,28,31)/t19-,20-,21-,22+,26-,27-/m0/s1. The Balaban J connectivity index is 1.56. The Bertz CT molecular complexity index is 904. The van der Waals surface area contributed by atoms with Gasteiger partial charge in [0.25, 0.3) is 0 Å². The highest BCUT2D eigenvalue weighted by Gasteiger charge is 2.60. The Morgan fingerprint density at radius 1 is 1.06 bits per heavy atom. The zero-order chi connectivity index (χ0) is 24.1. The van der Waals surface area contributed by atoms with E-state index in [-0.39, 0.29) is 34.6 Å². The number of carbonyl (C=O) groups is 3. The Kier molecular flexibility index (Phi) is 6.25. The van der Waals surface area contributed by atoms with Gasteiger partial charge in [0.2, 0.25) is 11.8 Å². The lowest BCUT2D eigenvalue weighted by Crippen LogP contribution is -2.52. The number of hydrogen-bond acceptors (Lipinski definition) is 3. The van der Waals surface area contributed by atoms with Crippen LogP contribution in [0.15, 0.2) is 23.3 Å². The average molecular weight is 456 g/mol. The van der Waals surface area contributed by atoms with E-state index >= 15 is 0 Å². The molecule has 4 amide bonds. The third kappa shape index (κ3) is 3.64. The summed E-state index contributed by atoms with van der Waals surface area (Å²) in [4.78, 5) is 41.3. The summed E-state index contributed by atoms with van der Waals surface area (Å²) in [6.07, 6.45) is 11.2. The van der Waals surface area contributed by atoms with E-state index in [1.807, 2.05) is 13.8 Å². The van der Waals surface area contributed by atoms with Gasteiger partial charge in [-0.3, -0.25) is 14.5 Å². The fourth-order valence-electron chi connectivity index (χ4n) is 7.96. The van der Waals surface area contributed by atoms with Crippen LogP contribution in [0.1, 0.15) is 72.6 Å². The minimum absolute atomic E-state index is 0.000280. The lowest BCUT2D eigenvalue weighted by molar-refractivity contribution is -0.138. The zero-order valence-electron chi connectivity index (χ0n) is 21.0. The number of nitrogens with zero attached hydrogens (tertiary/aromatic N) is 2. The van der Waals surface area contributed by atoms with Crippen LogP contribution >= 0.6 is 0 Å². The van der Waals surface area contributed by atoms with Crippen LogP contribution in [0, 0.1) is 34.5 Å². The first-order valence-electron chi connectivity index (χ1n) is 12.9. The Morgan fingerprint density at radius 2 is 1.76 bits per heavy atom. The van der Waals surface area contributed by atoms with Crippen molar-refractivity contribution in [3.63, 3.8) is 0 Å². The van der Waals surface area contributed by atoms with Crippen LogP contribution < -0.4 is 5.73 Å². The molecule has 4 rings (SSSR count).